The van der Waals surface area contributed by atoms with Crippen LogP contribution in [0.1, 0.15) is 19.3 Å². The van der Waals surface area contributed by atoms with E-state index >= 15 is 0 Å². The van der Waals surface area contributed by atoms with Gasteiger partial charge in [0.2, 0.25) is 0 Å². The van der Waals surface area contributed by atoms with Gasteiger partial charge in [-0.05, 0) is 74.3 Å². The van der Waals surface area contributed by atoms with Crippen LogP contribution < -0.4 is 15.6 Å². The van der Waals surface area contributed by atoms with Crippen molar-refractivity contribution < 1.29 is 9.59 Å². The van der Waals surface area contributed by atoms with Crippen LogP contribution in [0.2, 0.25) is 10.0 Å². The van der Waals surface area contributed by atoms with Gasteiger partial charge in [0.25, 0.3) is 0 Å². The fourth-order valence-electron chi connectivity index (χ4n) is 6.16. The highest BCUT2D eigenvalue weighted by Crippen LogP contribution is 2.37. The van der Waals surface area contributed by atoms with E-state index in [2.05, 4.69) is 35.9 Å². The molecule has 14 heteroatoms. The first-order valence-electron chi connectivity index (χ1n) is 16.8. The summed E-state index contributed by atoms with van der Waals surface area (Å²) in [5.74, 6) is 0.904. The monoisotopic (exact) mass is 743 g/mol. The number of carbonyl (C=O) groups excluding carboxylic acids is 2. The van der Waals surface area contributed by atoms with Gasteiger partial charge in [0, 0.05) is 40.9 Å². The first-order valence-corrected chi connectivity index (χ1v) is 18.1. The molecule has 1 aliphatic heterocycles. The van der Waals surface area contributed by atoms with E-state index < -0.39 is 12.1 Å². The second-order valence-electron chi connectivity index (χ2n) is 12.3. The summed E-state index contributed by atoms with van der Waals surface area (Å²) in [6.45, 7) is 3.30. The van der Waals surface area contributed by atoms with Crippen LogP contribution in [0, 0.1) is 0 Å². The van der Waals surface area contributed by atoms with Crippen molar-refractivity contribution >= 4 is 80.3 Å². The molecule has 51 heavy (non-hydrogen) atoms. The molecular formula is C37H36Cl3N9O2. The lowest BCUT2D eigenvalue weighted by Gasteiger charge is -2.35. The molecule has 7 rings (SSSR count). The van der Waals surface area contributed by atoms with Crippen molar-refractivity contribution in [2.45, 2.75) is 19.3 Å². The van der Waals surface area contributed by atoms with Crippen LogP contribution in [-0.4, -0.2) is 81.0 Å². The molecule has 11 nitrogen and oxygen atoms in total. The number of urea groups is 2. The van der Waals surface area contributed by atoms with Crippen LogP contribution in [0.25, 0.3) is 44.1 Å². The molecule has 1 fully saturated rings. The zero-order valence-electron chi connectivity index (χ0n) is 27.6. The fraction of sp³-hybridized carbons (Fsp3) is 0.243. The third kappa shape index (κ3) is 7.48. The maximum atomic E-state index is 14.5. The number of aromatic nitrogens is 4. The first-order chi connectivity index (χ1) is 24.9. The number of nitrogens with zero attached hydrogens (tertiary/aromatic N) is 5. The fourth-order valence-corrected chi connectivity index (χ4v) is 6.84. The van der Waals surface area contributed by atoms with Gasteiger partial charge in [-0.15, -0.1) is 11.6 Å². The molecule has 4 N–H and O–H groups in total. The summed E-state index contributed by atoms with van der Waals surface area (Å²) < 4.78 is 0. The largest absolute Gasteiger partial charge is 0.342 e. The third-order valence-corrected chi connectivity index (χ3v) is 9.82. The predicted octanol–water partition coefficient (Wildman–Crippen LogP) is 8.77. The highest BCUT2D eigenvalue weighted by molar-refractivity contribution is 6.35. The lowest BCUT2D eigenvalue weighted by molar-refractivity contribution is 0.164. The number of hydrogen-bond acceptors (Lipinski definition) is 5. The van der Waals surface area contributed by atoms with Crippen molar-refractivity contribution in [3.63, 3.8) is 0 Å². The topological polar surface area (TPSA) is 125 Å². The maximum Gasteiger partial charge on any atom is 0.342 e. The lowest BCUT2D eigenvalue weighted by Crippen LogP contribution is -2.56. The Bertz CT molecular complexity index is 2150. The maximum absolute atomic E-state index is 14.5. The quantitative estimate of drug-likeness (QED) is 0.0600. The molecule has 262 valence electrons. The number of fused-ring (bicyclic) bond motifs is 2. The number of anilines is 2. The predicted molar refractivity (Wildman–Crippen MR) is 206 cm³/mol. The van der Waals surface area contributed by atoms with Crippen LogP contribution in [0.3, 0.4) is 0 Å². The Morgan fingerprint density at radius 3 is 2.00 bits per heavy atom. The number of carbonyl (C=O) groups is 2. The molecular weight excluding hydrogens is 709 g/mol. The number of hydrogen-bond donors (Lipinski definition) is 4. The first kappa shape index (κ1) is 34.6. The highest BCUT2D eigenvalue weighted by Gasteiger charge is 2.32. The second kappa shape index (κ2) is 15.6. The number of likely N-dealkylation sites (tertiary alicyclic amines) is 1. The molecule has 6 aromatic rings. The van der Waals surface area contributed by atoms with Crippen molar-refractivity contribution in [1.29, 1.82) is 0 Å². The Morgan fingerprint density at radius 1 is 0.784 bits per heavy atom. The standard InChI is InChI=1S/C37H36Cl3N9O2/c38-14-7-15-41-36(50)49(35-29-21-27(25-12-5-2-6-13-25)31(40)23-33(29)44-46-35)48(19-9-18-47-16-8-17-47)37(51)42-34-28-20-26(24-10-3-1-4-11-24)30(39)22-32(28)43-45-34/h1-6,10-13,20-23H,7-9,14-19H2,(H,41,50)(H,44,46)(H2,42,43,45,51). The summed E-state index contributed by atoms with van der Waals surface area (Å²) in [6, 6.07) is 25.7. The summed E-state index contributed by atoms with van der Waals surface area (Å²) in [5, 5.41) is 25.9. The van der Waals surface area contributed by atoms with Gasteiger partial charge in [0.15, 0.2) is 11.6 Å². The molecule has 0 saturated carbocycles. The number of amides is 4. The number of alkyl halides is 1. The molecule has 1 aliphatic rings. The van der Waals surface area contributed by atoms with E-state index in [1.807, 2.05) is 72.8 Å². The minimum Gasteiger partial charge on any atom is -0.336 e. The molecule has 0 bridgehead atoms. The average Bonchev–Trinajstić information content (AvgIpc) is 3.71. The molecule has 0 aliphatic carbocycles. The Morgan fingerprint density at radius 2 is 1.39 bits per heavy atom. The van der Waals surface area contributed by atoms with Gasteiger partial charge >= 0.3 is 12.1 Å². The summed E-state index contributed by atoms with van der Waals surface area (Å²) in [5.41, 5.74) is 4.65. The molecule has 4 amide bonds. The minimum atomic E-state index is -0.566. The van der Waals surface area contributed by atoms with Crippen molar-refractivity contribution in [3.05, 3.63) is 95.0 Å². The number of halogens is 3. The summed E-state index contributed by atoms with van der Waals surface area (Å²) in [7, 11) is 0. The smallest absolute Gasteiger partial charge is 0.336 e. The zero-order valence-corrected chi connectivity index (χ0v) is 29.9. The van der Waals surface area contributed by atoms with Crippen LogP contribution in [-0.2, 0) is 0 Å². The Kier molecular flexibility index (Phi) is 10.6. The Labute approximate surface area is 309 Å². The van der Waals surface area contributed by atoms with Gasteiger partial charge in [0.1, 0.15) is 0 Å². The number of H-pyrrole nitrogens is 2. The second-order valence-corrected chi connectivity index (χ2v) is 13.5. The van der Waals surface area contributed by atoms with Gasteiger partial charge in [-0.25, -0.2) is 14.6 Å². The zero-order chi connectivity index (χ0) is 35.3. The van der Waals surface area contributed by atoms with Gasteiger partial charge < -0.3 is 10.2 Å². The van der Waals surface area contributed by atoms with Crippen LogP contribution in [0.5, 0.6) is 0 Å². The molecule has 2 aromatic heterocycles. The summed E-state index contributed by atoms with van der Waals surface area (Å²) in [4.78, 5) is 31.0. The third-order valence-electron chi connectivity index (χ3n) is 8.92. The molecule has 1 saturated heterocycles. The van der Waals surface area contributed by atoms with Crippen molar-refractivity contribution in [1.82, 2.24) is 35.6 Å². The highest BCUT2D eigenvalue weighted by atomic mass is 35.5. The molecule has 4 aromatic carbocycles. The Balaban J connectivity index is 1.28. The van der Waals surface area contributed by atoms with Gasteiger partial charge in [-0.2, -0.15) is 15.2 Å². The molecule has 0 atom stereocenters. The number of benzene rings is 4. The molecule has 0 unspecified atom stereocenters. The van der Waals surface area contributed by atoms with Crippen molar-refractivity contribution in [2.24, 2.45) is 0 Å². The van der Waals surface area contributed by atoms with E-state index in [9.17, 15) is 9.59 Å². The SMILES string of the molecule is O=C(Nc1n[nH]c2cc(Cl)c(-c3ccccc3)cc12)N(CCCN1CCC1)N(C(=O)NCCCCl)c1n[nH]c2cc(Cl)c(-c3ccccc3)cc12. The van der Waals surface area contributed by atoms with Crippen molar-refractivity contribution in [3.8, 4) is 22.3 Å². The number of rotatable bonds is 11. The lowest BCUT2D eigenvalue weighted by atomic mass is 10.0. The number of hydrazine groups is 1. The van der Waals surface area contributed by atoms with Gasteiger partial charge in [-0.1, -0.05) is 83.9 Å². The molecule has 0 spiro atoms. The molecule has 3 heterocycles. The van der Waals surface area contributed by atoms with Crippen LogP contribution in [0.15, 0.2) is 84.9 Å². The van der Waals surface area contributed by atoms with E-state index in [-0.39, 0.29) is 12.4 Å². The van der Waals surface area contributed by atoms with E-state index in [4.69, 9.17) is 34.8 Å². The normalized spacial score (nSPS) is 12.9. The van der Waals surface area contributed by atoms with E-state index in [1.165, 1.54) is 10.0 Å². The minimum absolute atomic E-state index is 0.211. The molecule has 0 radical (unpaired) electrons. The van der Waals surface area contributed by atoms with Crippen LogP contribution in [0.4, 0.5) is 21.2 Å². The van der Waals surface area contributed by atoms with E-state index in [0.717, 1.165) is 48.3 Å². The average molecular weight is 745 g/mol. The van der Waals surface area contributed by atoms with E-state index in [0.29, 0.717) is 62.9 Å². The van der Waals surface area contributed by atoms with E-state index in [1.54, 1.807) is 12.1 Å². The summed E-state index contributed by atoms with van der Waals surface area (Å²) in [6.07, 6.45) is 2.30. The van der Waals surface area contributed by atoms with Crippen LogP contribution >= 0.6 is 34.8 Å². The van der Waals surface area contributed by atoms with Gasteiger partial charge in [-0.3, -0.25) is 15.5 Å². The summed E-state index contributed by atoms with van der Waals surface area (Å²) >= 11 is 19.4. The number of nitrogens with one attached hydrogen (secondary N) is 4. The Hall–Kier alpha value is -4.81. The van der Waals surface area contributed by atoms with Gasteiger partial charge in [0.05, 0.1) is 21.1 Å². The number of aromatic amines is 2. The van der Waals surface area contributed by atoms with Crippen molar-refractivity contribution in [2.75, 3.05) is 48.9 Å².